The van der Waals surface area contributed by atoms with Crippen molar-refractivity contribution in [2.24, 2.45) is 5.92 Å². The third kappa shape index (κ3) is 4.26. The maximum Gasteiger partial charge on any atom is 0.338 e. The molecule has 0 spiro atoms. The minimum absolute atomic E-state index is 0.0238. The molecule has 2 saturated heterocycles. The Hall–Kier alpha value is -2.23. The molecular formula is C22H30O9. The van der Waals surface area contributed by atoms with Gasteiger partial charge >= 0.3 is 17.9 Å². The minimum atomic E-state index is -1.53. The first-order chi connectivity index (χ1) is 14.4. The summed E-state index contributed by atoms with van der Waals surface area (Å²) in [7, 11) is 0. The molecule has 3 heterocycles. The van der Waals surface area contributed by atoms with Crippen LogP contribution in [-0.4, -0.2) is 64.4 Å². The van der Waals surface area contributed by atoms with Crippen molar-refractivity contribution in [1.29, 1.82) is 0 Å². The first-order valence-electron chi connectivity index (χ1n) is 10.4. The maximum absolute atomic E-state index is 12.7. The Bertz CT molecular complexity index is 844. The summed E-state index contributed by atoms with van der Waals surface area (Å²) in [5.41, 5.74) is -0.561. The zero-order valence-corrected chi connectivity index (χ0v) is 18.5. The molecule has 0 saturated carbocycles. The molecule has 172 valence electrons. The van der Waals surface area contributed by atoms with E-state index in [2.05, 4.69) is 0 Å². The van der Waals surface area contributed by atoms with E-state index in [1.165, 1.54) is 6.92 Å². The molecule has 6 unspecified atom stereocenters. The Morgan fingerprint density at radius 1 is 1.29 bits per heavy atom. The fourth-order valence-electron chi connectivity index (χ4n) is 4.36. The summed E-state index contributed by atoms with van der Waals surface area (Å²) >= 11 is 0. The number of rotatable bonds is 4. The third-order valence-corrected chi connectivity index (χ3v) is 6.55. The molecule has 0 radical (unpaired) electrons. The molecular weight excluding hydrogens is 408 g/mol. The lowest BCUT2D eigenvalue weighted by atomic mass is 9.81. The summed E-state index contributed by atoms with van der Waals surface area (Å²) in [6, 6.07) is 0. The highest BCUT2D eigenvalue weighted by molar-refractivity contribution is 5.94. The highest BCUT2D eigenvalue weighted by Crippen LogP contribution is 2.49. The molecule has 0 aromatic rings. The molecule has 0 aliphatic carbocycles. The smallest absolute Gasteiger partial charge is 0.338 e. The van der Waals surface area contributed by atoms with Gasteiger partial charge in [-0.15, -0.1) is 0 Å². The molecule has 2 bridgehead atoms. The summed E-state index contributed by atoms with van der Waals surface area (Å²) < 4.78 is 22.2. The van der Waals surface area contributed by atoms with Crippen molar-refractivity contribution in [3.63, 3.8) is 0 Å². The lowest BCUT2D eigenvalue weighted by Crippen LogP contribution is -2.50. The number of hydrogen-bond acceptors (Lipinski definition) is 9. The Morgan fingerprint density at radius 2 is 1.97 bits per heavy atom. The van der Waals surface area contributed by atoms with Gasteiger partial charge in [-0.25, -0.2) is 9.59 Å². The molecule has 9 heteroatoms. The van der Waals surface area contributed by atoms with Crippen molar-refractivity contribution in [3.8, 4) is 0 Å². The van der Waals surface area contributed by atoms with E-state index in [-0.39, 0.29) is 30.6 Å². The summed E-state index contributed by atoms with van der Waals surface area (Å²) in [6.45, 7) is 7.52. The number of carbonyl (C=O) groups is 3. The standard InChI is InChI=1S/C22H30O9/c1-6-11(2)19(25)29-15-9-12(3)22(27)8-7-21(5,31-22)18(24)17-16(15)14(20(26)30-17)10-28-13(4)23/h6,12,15,17-18,24,27H,7-10H2,1-5H3/b11-6+. The predicted molar refractivity (Wildman–Crippen MR) is 106 cm³/mol. The van der Waals surface area contributed by atoms with E-state index in [1.54, 1.807) is 33.8 Å². The van der Waals surface area contributed by atoms with E-state index in [0.29, 0.717) is 12.0 Å². The Kier molecular flexibility index (Phi) is 6.32. The van der Waals surface area contributed by atoms with Gasteiger partial charge in [0.1, 0.15) is 18.8 Å². The lowest BCUT2D eigenvalue weighted by molar-refractivity contribution is -0.268. The highest BCUT2D eigenvalue weighted by Gasteiger charge is 2.59. The van der Waals surface area contributed by atoms with Crippen LogP contribution in [0.5, 0.6) is 0 Å². The molecule has 0 amide bonds. The van der Waals surface area contributed by atoms with Gasteiger partial charge < -0.3 is 29.2 Å². The summed E-state index contributed by atoms with van der Waals surface area (Å²) in [4.78, 5) is 36.6. The van der Waals surface area contributed by atoms with Crippen molar-refractivity contribution >= 4 is 17.9 Å². The van der Waals surface area contributed by atoms with Crippen LogP contribution in [-0.2, 0) is 33.3 Å². The van der Waals surface area contributed by atoms with Crippen molar-refractivity contribution in [1.82, 2.24) is 0 Å². The van der Waals surface area contributed by atoms with Crippen molar-refractivity contribution in [2.75, 3.05) is 6.61 Å². The average molecular weight is 438 g/mol. The second kappa shape index (κ2) is 8.37. The van der Waals surface area contributed by atoms with Crippen molar-refractivity contribution in [3.05, 3.63) is 22.8 Å². The van der Waals surface area contributed by atoms with Crippen LogP contribution in [0.15, 0.2) is 22.8 Å². The molecule has 6 atom stereocenters. The van der Waals surface area contributed by atoms with E-state index in [1.807, 2.05) is 0 Å². The number of aliphatic hydroxyl groups is 2. The van der Waals surface area contributed by atoms with Crippen molar-refractivity contribution in [2.45, 2.75) is 83.6 Å². The molecule has 31 heavy (non-hydrogen) atoms. The van der Waals surface area contributed by atoms with Gasteiger partial charge in [0.2, 0.25) is 0 Å². The average Bonchev–Trinajstić information content (AvgIpc) is 3.21. The first kappa shape index (κ1) is 23.4. The Morgan fingerprint density at radius 3 is 2.58 bits per heavy atom. The van der Waals surface area contributed by atoms with Gasteiger partial charge in [0.05, 0.1) is 11.2 Å². The largest absolute Gasteiger partial charge is 0.461 e. The molecule has 2 fully saturated rings. The van der Waals surface area contributed by atoms with Gasteiger partial charge in [-0.3, -0.25) is 4.79 Å². The molecule has 3 aliphatic heterocycles. The predicted octanol–water partition coefficient (Wildman–Crippen LogP) is 1.31. The van der Waals surface area contributed by atoms with E-state index < -0.39 is 53.5 Å². The second-order valence-corrected chi connectivity index (χ2v) is 8.75. The van der Waals surface area contributed by atoms with Crippen LogP contribution < -0.4 is 0 Å². The maximum atomic E-state index is 12.7. The van der Waals surface area contributed by atoms with E-state index in [9.17, 15) is 24.6 Å². The van der Waals surface area contributed by atoms with Gasteiger partial charge in [0.25, 0.3) is 0 Å². The van der Waals surface area contributed by atoms with Crippen LogP contribution in [0.2, 0.25) is 0 Å². The third-order valence-electron chi connectivity index (χ3n) is 6.55. The number of aliphatic hydroxyl groups excluding tert-OH is 1. The first-order valence-corrected chi connectivity index (χ1v) is 10.4. The zero-order valence-electron chi connectivity index (χ0n) is 18.5. The number of fused-ring (bicyclic) bond motifs is 3. The SMILES string of the molecule is C/C=C(\C)C(=O)OC1CC(C)C2(O)CCC(C)(O2)C(O)C2OC(=O)C(COC(C)=O)=C12. The van der Waals surface area contributed by atoms with Gasteiger partial charge in [0.15, 0.2) is 11.9 Å². The lowest BCUT2D eigenvalue weighted by Gasteiger charge is -2.35. The normalized spacial score (nSPS) is 38.0. The number of esters is 3. The topological polar surface area (TPSA) is 129 Å². The Balaban J connectivity index is 2.11. The summed E-state index contributed by atoms with van der Waals surface area (Å²) in [6.07, 6.45) is -1.16. The quantitative estimate of drug-likeness (QED) is 0.379. The van der Waals surface area contributed by atoms with Crippen LogP contribution in [0.3, 0.4) is 0 Å². The number of allylic oxidation sites excluding steroid dienone is 1. The van der Waals surface area contributed by atoms with Crippen LogP contribution in [0, 0.1) is 5.92 Å². The minimum Gasteiger partial charge on any atom is -0.461 e. The molecule has 9 nitrogen and oxygen atoms in total. The molecule has 2 N–H and O–H groups in total. The van der Waals surface area contributed by atoms with Gasteiger partial charge in [-0.2, -0.15) is 0 Å². The number of carbonyl (C=O) groups excluding carboxylic acids is 3. The zero-order chi connectivity index (χ0) is 23.1. The van der Waals surface area contributed by atoms with E-state index in [4.69, 9.17) is 18.9 Å². The van der Waals surface area contributed by atoms with Gasteiger partial charge in [-0.05, 0) is 33.6 Å². The molecule has 3 rings (SSSR count). The summed E-state index contributed by atoms with van der Waals surface area (Å²) in [5.74, 6) is -3.98. The van der Waals surface area contributed by atoms with Crippen LogP contribution in [0.4, 0.5) is 0 Å². The number of hydrogen-bond donors (Lipinski definition) is 2. The van der Waals surface area contributed by atoms with Crippen LogP contribution >= 0.6 is 0 Å². The molecule has 3 aliphatic rings. The summed E-state index contributed by atoms with van der Waals surface area (Å²) in [5, 5.41) is 22.3. The van der Waals surface area contributed by atoms with Crippen molar-refractivity contribution < 1.29 is 43.5 Å². The van der Waals surface area contributed by atoms with Gasteiger partial charge in [-0.1, -0.05) is 13.0 Å². The van der Waals surface area contributed by atoms with E-state index in [0.717, 1.165) is 0 Å². The monoisotopic (exact) mass is 438 g/mol. The van der Waals surface area contributed by atoms with Gasteiger partial charge in [0, 0.05) is 30.4 Å². The van der Waals surface area contributed by atoms with Crippen LogP contribution in [0.25, 0.3) is 0 Å². The highest BCUT2D eigenvalue weighted by atomic mass is 16.7. The van der Waals surface area contributed by atoms with Crippen LogP contribution in [0.1, 0.15) is 53.9 Å². The van der Waals surface area contributed by atoms with E-state index >= 15 is 0 Å². The fraction of sp³-hybridized carbons (Fsp3) is 0.682. The molecule has 0 aromatic carbocycles. The molecule has 0 aromatic heterocycles. The second-order valence-electron chi connectivity index (χ2n) is 8.75. The number of ether oxygens (including phenoxy) is 4. The Labute approximate surface area is 181 Å². The fourth-order valence-corrected chi connectivity index (χ4v) is 4.36.